The average Bonchev–Trinajstić information content (AvgIpc) is 2.97. The third kappa shape index (κ3) is 9.87. The molecule has 0 saturated heterocycles. The first-order valence-corrected chi connectivity index (χ1v) is 14.5. The normalized spacial score (nSPS) is 12.5. The van der Waals surface area contributed by atoms with Crippen LogP contribution in [0.15, 0.2) is 95.8 Å². The van der Waals surface area contributed by atoms with E-state index in [1.807, 2.05) is 67.6 Å². The second kappa shape index (κ2) is 15.8. The largest absolute Gasteiger partial charge is 0.489 e. The molecule has 3 rings (SSSR count). The first-order valence-electron chi connectivity index (χ1n) is 14.5. The molecule has 0 fully saturated rings. The molecule has 0 bridgehead atoms. The Labute approximate surface area is 252 Å². The Morgan fingerprint density at radius 3 is 2.37 bits per heavy atom. The summed E-state index contributed by atoms with van der Waals surface area (Å²) >= 11 is 0. The highest BCUT2D eigenvalue weighted by molar-refractivity contribution is 5.78. The van der Waals surface area contributed by atoms with E-state index in [2.05, 4.69) is 18.8 Å². The van der Waals surface area contributed by atoms with Gasteiger partial charge in [0.2, 0.25) is 0 Å². The lowest BCUT2D eigenvalue weighted by Gasteiger charge is -2.19. The lowest BCUT2D eigenvalue weighted by molar-refractivity contribution is -0.126. The number of halogens is 3. The van der Waals surface area contributed by atoms with E-state index in [0.717, 1.165) is 35.4 Å². The van der Waals surface area contributed by atoms with E-state index in [1.165, 1.54) is 10.6 Å². The standard InChI is InChI=1S/C35H40F3N3O2/c1-6-9-16-31(28-17-19-30(20-18-28)43-24-27-14-11-10-12-15-27)40-32-26(5)39-33(41(21-8-3)34(32)42)29(13-7-2)22-25(4)23-35(36,37)38/h7,10-20,22,40H,4,6,8-9,21,23-24H2,1-3,5H3. The Kier molecular flexibility index (Phi) is 12.2. The van der Waals surface area contributed by atoms with Crippen LogP contribution in [0.2, 0.25) is 0 Å². The SMILES string of the molecule is C=C(C=C(C=CC)c1nc(C)c(NC(=CCCC)c2ccc(OCc3ccccc3)cc2)c(=O)n1CCC)CC(F)(F)F. The van der Waals surface area contributed by atoms with Gasteiger partial charge in [0, 0.05) is 17.8 Å². The van der Waals surface area contributed by atoms with Crippen LogP contribution in [0.25, 0.3) is 11.3 Å². The summed E-state index contributed by atoms with van der Waals surface area (Å²) in [5.74, 6) is 1.03. The summed E-state index contributed by atoms with van der Waals surface area (Å²) in [7, 11) is 0. The number of nitrogens with one attached hydrogen (secondary N) is 1. The second-order valence-corrected chi connectivity index (χ2v) is 10.2. The summed E-state index contributed by atoms with van der Waals surface area (Å²) in [6.45, 7) is 11.9. The van der Waals surface area contributed by atoms with Crippen LogP contribution in [0.5, 0.6) is 5.75 Å². The Morgan fingerprint density at radius 1 is 1.07 bits per heavy atom. The fraction of sp³-hybridized carbons (Fsp3) is 0.314. The van der Waals surface area contributed by atoms with E-state index in [0.29, 0.717) is 42.4 Å². The second-order valence-electron chi connectivity index (χ2n) is 10.2. The Morgan fingerprint density at radius 2 is 1.77 bits per heavy atom. The molecular weight excluding hydrogens is 551 g/mol. The van der Waals surface area contributed by atoms with Crippen molar-refractivity contribution in [3.05, 3.63) is 124 Å². The average molecular weight is 592 g/mol. The fourth-order valence-electron chi connectivity index (χ4n) is 4.49. The summed E-state index contributed by atoms with van der Waals surface area (Å²) in [4.78, 5) is 18.6. The molecule has 0 radical (unpaired) electrons. The summed E-state index contributed by atoms with van der Waals surface area (Å²) in [5, 5.41) is 3.33. The molecule has 1 aromatic heterocycles. The van der Waals surface area contributed by atoms with Crippen LogP contribution < -0.4 is 15.6 Å². The summed E-state index contributed by atoms with van der Waals surface area (Å²) < 4.78 is 46.5. The highest BCUT2D eigenvalue weighted by atomic mass is 19.4. The van der Waals surface area contributed by atoms with Gasteiger partial charge in [-0.3, -0.25) is 9.36 Å². The lowest BCUT2D eigenvalue weighted by atomic mass is 10.1. The number of benzene rings is 2. The molecule has 0 aliphatic heterocycles. The Hall–Kier alpha value is -4.33. The van der Waals surface area contributed by atoms with Crippen molar-refractivity contribution in [1.29, 1.82) is 0 Å². The number of ether oxygens (including phenoxy) is 1. The van der Waals surface area contributed by atoms with Crippen LogP contribution in [0.4, 0.5) is 18.9 Å². The van der Waals surface area contributed by atoms with Crippen molar-refractivity contribution in [3.63, 3.8) is 0 Å². The van der Waals surface area contributed by atoms with Gasteiger partial charge in [-0.1, -0.05) is 75.4 Å². The molecule has 3 aromatic rings. The van der Waals surface area contributed by atoms with Crippen LogP contribution in [0.1, 0.15) is 69.1 Å². The molecule has 0 unspecified atom stereocenters. The molecule has 0 atom stereocenters. The predicted octanol–water partition coefficient (Wildman–Crippen LogP) is 9.26. The van der Waals surface area contributed by atoms with Crippen LogP contribution >= 0.6 is 0 Å². The van der Waals surface area contributed by atoms with Crippen molar-refractivity contribution in [2.75, 3.05) is 5.32 Å². The van der Waals surface area contributed by atoms with E-state index < -0.39 is 12.6 Å². The van der Waals surface area contributed by atoms with E-state index in [9.17, 15) is 18.0 Å². The van der Waals surface area contributed by atoms with E-state index in [1.54, 1.807) is 26.0 Å². The third-order valence-corrected chi connectivity index (χ3v) is 6.50. The molecule has 1 heterocycles. The molecule has 0 aliphatic rings. The van der Waals surface area contributed by atoms with Crippen molar-refractivity contribution in [1.82, 2.24) is 9.55 Å². The Balaban J connectivity index is 1.97. The Bertz CT molecular complexity index is 1520. The van der Waals surface area contributed by atoms with Gasteiger partial charge in [-0.2, -0.15) is 13.2 Å². The van der Waals surface area contributed by atoms with Crippen molar-refractivity contribution in [3.8, 4) is 5.75 Å². The number of allylic oxidation sites excluding steroid dienone is 6. The van der Waals surface area contributed by atoms with E-state index in [4.69, 9.17) is 9.72 Å². The molecule has 43 heavy (non-hydrogen) atoms. The molecule has 8 heteroatoms. The van der Waals surface area contributed by atoms with Gasteiger partial charge >= 0.3 is 6.18 Å². The highest BCUT2D eigenvalue weighted by Crippen LogP contribution is 2.28. The third-order valence-electron chi connectivity index (χ3n) is 6.50. The van der Waals surface area contributed by atoms with Crippen molar-refractivity contribution in [2.45, 2.75) is 72.7 Å². The van der Waals surface area contributed by atoms with E-state index >= 15 is 0 Å². The zero-order chi connectivity index (χ0) is 31.4. The molecule has 0 aliphatic carbocycles. The maximum atomic E-state index is 13.9. The minimum Gasteiger partial charge on any atom is -0.489 e. The van der Waals surface area contributed by atoms with Gasteiger partial charge in [0.1, 0.15) is 23.9 Å². The molecule has 5 nitrogen and oxygen atoms in total. The lowest BCUT2D eigenvalue weighted by Crippen LogP contribution is -2.28. The van der Waals surface area contributed by atoms with Crippen molar-refractivity contribution < 1.29 is 17.9 Å². The van der Waals surface area contributed by atoms with Gasteiger partial charge < -0.3 is 10.1 Å². The van der Waals surface area contributed by atoms with Gasteiger partial charge in [0.25, 0.3) is 5.56 Å². The molecular formula is C35H40F3N3O2. The number of unbranched alkanes of at least 4 members (excludes halogenated alkanes) is 1. The summed E-state index contributed by atoms with van der Waals surface area (Å²) in [5.41, 5.74) is 3.45. The summed E-state index contributed by atoms with van der Waals surface area (Å²) in [6, 6.07) is 17.6. The molecule has 1 N–H and O–H groups in total. The van der Waals surface area contributed by atoms with Gasteiger partial charge in [0.15, 0.2) is 0 Å². The number of nitrogens with zero attached hydrogens (tertiary/aromatic N) is 2. The fourth-order valence-corrected chi connectivity index (χ4v) is 4.49. The van der Waals surface area contributed by atoms with Gasteiger partial charge in [0.05, 0.1) is 12.1 Å². The van der Waals surface area contributed by atoms with Crippen LogP contribution in [0, 0.1) is 6.92 Å². The minimum atomic E-state index is -4.39. The van der Waals surface area contributed by atoms with Gasteiger partial charge in [-0.15, -0.1) is 0 Å². The predicted molar refractivity (Wildman–Crippen MR) is 170 cm³/mol. The molecule has 2 aromatic carbocycles. The quantitative estimate of drug-likeness (QED) is 0.190. The molecule has 228 valence electrons. The zero-order valence-electron chi connectivity index (χ0n) is 25.3. The maximum Gasteiger partial charge on any atom is 0.393 e. The molecule has 0 amide bonds. The van der Waals surface area contributed by atoms with Crippen LogP contribution in [-0.4, -0.2) is 15.7 Å². The summed E-state index contributed by atoms with van der Waals surface area (Å²) in [6.07, 6.45) is 3.55. The number of hydrogen-bond acceptors (Lipinski definition) is 4. The molecule has 0 spiro atoms. The molecule has 0 saturated carbocycles. The number of hydrogen-bond donors (Lipinski definition) is 1. The zero-order valence-corrected chi connectivity index (χ0v) is 25.3. The first kappa shape index (κ1) is 33.2. The first-order chi connectivity index (χ1) is 20.6. The van der Waals surface area contributed by atoms with Crippen molar-refractivity contribution >= 4 is 17.0 Å². The smallest absolute Gasteiger partial charge is 0.393 e. The minimum absolute atomic E-state index is 0.112. The number of anilines is 1. The number of rotatable bonds is 14. The van der Waals surface area contributed by atoms with E-state index in [-0.39, 0.29) is 11.1 Å². The number of aromatic nitrogens is 2. The van der Waals surface area contributed by atoms with Crippen molar-refractivity contribution in [2.24, 2.45) is 0 Å². The van der Waals surface area contributed by atoms with Gasteiger partial charge in [-0.05, 0) is 73.7 Å². The topological polar surface area (TPSA) is 56.2 Å². The van der Waals surface area contributed by atoms with Gasteiger partial charge in [-0.25, -0.2) is 4.98 Å². The highest BCUT2D eigenvalue weighted by Gasteiger charge is 2.28. The van der Waals surface area contributed by atoms with Crippen LogP contribution in [-0.2, 0) is 13.2 Å². The van der Waals surface area contributed by atoms with Crippen LogP contribution in [0.3, 0.4) is 0 Å². The maximum absolute atomic E-state index is 13.9. The number of aryl methyl sites for hydroxylation is 1. The number of alkyl halides is 3. The monoisotopic (exact) mass is 591 g/mol.